The molecule has 1 aromatic carbocycles. The number of esters is 1. The maximum Gasteiger partial charge on any atom is 0.313 e. The number of hydrogen-bond donors (Lipinski definition) is 0. The Balaban J connectivity index is 2.21. The number of hydrogen-bond acceptors (Lipinski definition) is 3. The molecule has 19 heavy (non-hydrogen) atoms. The minimum atomic E-state index is -0.371. The van der Waals surface area contributed by atoms with Gasteiger partial charge in [-0.15, -0.1) is 0 Å². The first-order valence-corrected chi connectivity index (χ1v) is 7.06. The van der Waals surface area contributed by atoms with E-state index in [1.54, 1.807) is 0 Å². The Hall–Kier alpha value is -1.35. The van der Waals surface area contributed by atoms with Crippen molar-refractivity contribution in [3.05, 3.63) is 35.9 Å². The van der Waals surface area contributed by atoms with Crippen LogP contribution in [0.3, 0.4) is 0 Å². The van der Waals surface area contributed by atoms with Gasteiger partial charge in [0.1, 0.15) is 0 Å². The first-order chi connectivity index (χ1) is 9.16. The quantitative estimate of drug-likeness (QED) is 0.780. The molecule has 0 N–H and O–H groups in total. The average Bonchev–Trinajstić information content (AvgIpc) is 2.40. The van der Waals surface area contributed by atoms with Gasteiger partial charge in [-0.05, 0) is 45.3 Å². The fraction of sp³-hybridized carbons (Fsp3) is 0.562. The highest BCUT2D eigenvalue weighted by Gasteiger charge is 2.42. The standard InChI is InChI=1S/C16H23NO2/c1-3-19-15(18)16(10-7-11-17(2)13-16)12-14-8-5-4-6-9-14/h4-6,8-9H,3,7,10-13H2,1-2H3/t16-/m0/s1. The van der Waals surface area contributed by atoms with Crippen LogP contribution < -0.4 is 0 Å². The molecule has 104 valence electrons. The summed E-state index contributed by atoms with van der Waals surface area (Å²) in [4.78, 5) is 14.7. The summed E-state index contributed by atoms with van der Waals surface area (Å²) in [5.41, 5.74) is 0.843. The maximum atomic E-state index is 12.4. The smallest absolute Gasteiger partial charge is 0.313 e. The molecule has 1 aliphatic heterocycles. The van der Waals surface area contributed by atoms with E-state index in [1.807, 2.05) is 25.1 Å². The van der Waals surface area contributed by atoms with Crippen LogP contribution in [0.15, 0.2) is 30.3 Å². The fourth-order valence-corrected chi connectivity index (χ4v) is 3.02. The lowest BCUT2D eigenvalue weighted by Gasteiger charge is -2.39. The van der Waals surface area contributed by atoms with E-state index in [2.05, 4.69) is 24.1 Å². The highest BCUT2D eigenvalue weighted by atomic mass is 16.5. The molecule has 3 heteroatoms. The number of likely N-dealkylation sites (tertiary alicyclic amines) is 1. The van der Waals surface area contributed by atoms with E-state index in [0.29, 0.717) is 6.61 Å². The van der Waals surface area contributed by atoms with Gasteiger partial charge in [-0.3, -0.25) is 4.79 Å². The molecule has 0 aliphatic carbocycles. The van der Waals surface area contributed by atoms with Gasteiger partial charge in [-0.1, -0.05) is 30.3 Å². The lowest BCUT2D eigenvalue weighted by Crippen LogP contribution is -2.48. The van der Waals surface area contributed by atoms with Crippen molar-refractivity contribution >= 4 is 5.97 Å². The second-order valence-electron chi connectivity index (χ2n) is 5.50. The van der Waals surface area contributed by atoms with Gasteiger partial charge in [-0.25, -0.2) is 0 Å². The maximum absolute atomic E-state index is 12.4. The van der Waals surface area contributed by atoms with E-state index < -0.39 is 0 Å². The van der Waals surface area contributed by atoms with E-state index in [9.17, 15) is 4.79 Å². The Kier molecular flexibility index (Phi) is 4.59. The van der Waals surface area contributed by atoms with Gasteiger partial charge in [-0.2, -0.15) is 0 Å². The van der Waals surface area contributed by atoms with Gasteiger partial charge in [0, 0.05) is 6.54 Å². The average molecular weight is 261 g/mol. The summed E-state index contributed by atoms with van der Waals surface area (Å²) in [6, 6.07) is 10.3. The molecular formula is C16H23NO2. The molecule has 1 fully saturated rings. The predicted molar refractivity (Wildman–Crippen MR) is 75.9 cm³/mol. The normalized spacial score (nSPS) is 24.1. The number of carbonyl (C=O) groups excluding carboxylic acids is 1. The highest BCUT2D eigenvalue weighted by molar-refractivity contribution is 5.77. The van der Waals surface area contributed by atoms with Crippen LogP contribution in [0, 0.1) is 5.41 Å². The summed E-state index contributed by atoms with van der Waals surface area (Å²) < 4.78 is 5.34. The summed E-state index contributed by atoms with van der Waals surface area (Å²) in [5.74, 6) is -0.0367. The van der Waals surface area contributed by atoms with Crippen molar-refractivity contribution in [2.24, 2.45) is 5.41 Å². The minimum absolute atomic E-state index is 0.0367. The van der Waals surface area contributed by atoms with Crippen molar-refractivity contribution < 1.29 is 9.53 Å². The molecule has 1 atom stereocenters. The third-order valence-corrected chi connectivity index (χ3v) is 3.86. The molecule has 1 heterocycles. The second-order valence-corrected chi connectivity index (χ2v) is 5.50. The number of benzene rings is 1. The van der Waals surface area contributed by atoms with E-state index in [-0.39, 0.29) is 11.4 Å². The Morgan fingerprint density at radius 2 is 2.11 bits per heavy atom. The molecule has 0 radical (unpaired) electrons. The van der Waals surface area contributed by atoms with E-state index in [4.69, 9.17) is 4.74 Å². The zero-order chi connectivity index (χ0) is 13.7. The van der Waals surface area contributed by atoms with Crippen LogP contribution >= 0.6 is 0 Å². The highest BCUT2D eigenvalue weighted by Crippen LogP contribution is 2.34. The van der Waals surface area contributed by atoms with E-state index in [1.165, 1.54) is 5.56 Å². The first-order valence-electron chi connectivity index (χ1n) is 7.06. The van der Waals surface area contributed by atoms with Crippen LogP contribution in [0.1, 0.15) is 25.3 Å². The van der Waals surface area contributed by atoms with Crippen LogP contribution in [-0.4, -0.2) is 37.6 Å². The second kappa shape index (κ2) is 6.20. The topological polar surface area (TPSA) is 29.5 Å². The minimum Gasteiger partial charge on any atom is -0.466 e. The number of piperidine rings is 1. The van der Waals surface area contributed by atoms with Gasteiger partial charge >= 0.3 is 5.97 Å². The number of carbonyl (C=O) groups is 1. The molecule has 0 aromatic heterocycles. The molecule has 0 saturated carbocycles. The van der Waals surface area contributed by atoms with Crippen molar-refractivity contribution in [1.29, 1.82) is 0 Å². The molecular weight excluding hydrogens is 238 g/mol. The van der Waals surface area contributed by atoms with Crippen LogP contribution in [0.4, 0.5) is 0 Å². The molecule has 1 aromatic rings. The number of ether oxygens (including phenoxy) is 1. The Morgan fingerprint density at radius 3 is 2.74 bits per heavy atom. The lowest BCUT2D eigenvalue weighted by atomic mass is 9.75. The van der Waals surface area contributed by atoms with Crippen molar-refractivity contribution in [2.75, 3.05) is 26.7 Å². The van der Waals surface area contributed by atoms with Crippen LogP contribution in [0.5, 0.6) is 0 Å². The zero-order valence-corrected chi connectivity index (χ0v) is 11.9. The summed E-state index contributed by atoms with van der Waals surface area (Å²) >= 11 is 0. The van der Waals surface area contributed by atoms with Gasteiger partial charge in [0.05, 0.1) is 12.0 Å². The van der Waals surface area contributed by atoms with Crippen molar-refractivity contribution in [1.82, 2.24) is 4.90 Å². The van der Waals surface area contributed by atoms with Gasteiger partial charge in [0.25, 0.3) is 0 Å². The molecule has 1 saturated heterocycles. The van der Waals surface area contributed by atoms with E-state index >= 15 is 0 Å². The lowest BCUT2D eigenvalue weighted by molar-refractivity contribution is -0.158. The summed E-state index contributed by atoms with van der Waals surface area (Å²) in [6.45, 7) is 4.19. The zero-order valence-electron chi connectivity index (χ0n) is 11.9. The van der Waals surface area contributed by atoms with Crippen LogP contribution in [0.25, 0.3) is 0 Å². The third-order valence-electron chi connectivity index (χ3n) is 3.86. The molecule has 3 nitrogen and oxygen atoms in total. The van der Waals surface area contributed by atoms with Crippen LogP contribution in [0.2, 0.25) is 0 Å². The van der Waals surface area contributed by atoms with Crippen LogP contribution in [-0.2, 0) is 16.0 Å². The first kappa shape index (κ1) is 14.1. The Labute approximate surface area is 115 Å². The summed E-state index contributed by atoms with van der Waals surface area (Å²) in [7, 11) is 2.08. The monoisotopic (exact) mass is 261 g/mol. The van der Waals surface area contributed by atoms with E-state index in [0.717, 1.165) is 32.4 Å². The molecule has 0 spiro atoms. The van der Waals surface area contributed by atoms with Gasteiger partial charge in [0.2, 0.25) is 0 Å². The molecule has 0 bridgehead atoms. The Bertz CT molecular complexity index is 418. The number of nitrogens with zero attached hydrogens (tertiary/aromatic N) is 1. The van der Waals surface area contributed by atoms with Crippen molar-refractivity contribution in [3.63, 3.8) is 0 Å². The molecule has 1 aliphatic rings. The SMILES string of the molecule is CCOC(=O)[C@]1(Cc2ccccc2)CCCN(C)C1. The molecule has 0 unspecified atom stereocenters. The third kappa shape index (κ3) is 3.35. The molecule has 2 rings (SSSR count). The van der Waals surface area contributed by atoms with Gasteiger partial charge in [0.15, 0.2) is 0 Å². The largest absolute Gasteiger partial charge is 0.466 e. The Morgan fingerprint density at radius 1 is 1.37 bits per heavy atom. The summed E-state index contributed by atoms with van der Waals surface area (Å²) in [5, 5.41) is 0. The number of rotatable bonds is 4. The van der Waals surface area contributed by atoms with Crippen molar-refractivity contribution in [3.8, 4) is 0 Å². The van der Waals surface area contributed by atoms with Crippen molar-refractivity contribution in [2.45, 2.75) is 26.2 Å². The van der Waals surface area contributed by atoms with Gasteiger partial charge < -0.3 is 9.64 Å². The predicted octanol–water partition coefficient (Wildman–Crippen LogP) is 2.50. The molecule has 0 amide bonds. The fourth-order valence-electron chi connectivity index (χ4n) is 3.02. The summed E-state index contributed by atoms with van der Waals surface area (Å²) in [6.07, 6.45) is 2.75.